The molecule has 1 aromatic rings. The lowest BCUT2D eigenvalue weighted by atomic mass is 9.53. The number of carbonyl (C=O) groups excluding carboxylic acids is 1. The lowest BCUT2D eigenvalue weighted by Crippen LogP contribution is -2.60. The standard InChI is InChI=1S/C21H27ClN2O4/c1-26-18-7-16(6-17(22)20(18)27-2)11-23-28-12-19(25)24-21-8-13-3-14(9-21)5-15(4-13)10-21/h6-7,11,13-15H,3-5,8-10,12H2,1-2H3,(H,24,25)/b23-11-. The Morgan fingerprint density at radius 3 is 2.39 bits per heavy atom. The first-order chi connectivity index (χ1) is 13.5. The molecule has 4 aliphatic carbocycles. The summed E-state index contributed by atoms with van der Waals surface area (Å²) in [6.45, 7) is -0.0841. The predicted molar refractivity (Wildman–Crippen MR) is 107 cm³/mol. The second kappa shape index (κ2) is 7.82. The number of amides is 1. The molecule has 1 aromatic carbocycles. The molecule has 0 saturated heterocycles. The smallest absolute Gasteiger partial charge is 0.261 e. The van der Waals surface area contributed by atoms with Gasteiger partial charge in [0.1, 0.15) is 0 Å². The molecule has 0 heterocycles. The zero-order chi connectivity index (χ0) is 19.7. The van der Waals surface area contributed by atoms with Crippen molar-refractivity contribution in [1.82, 2.24) is 5.32 Å². The molecule has 0 atom stereocenters. The number of nitrogens with zero attached hydrogens (tertiary/aromatic N) is 1. The Bertz CT molecular complexity index is 745. The first-order valence-corrected chi connectivity index (χ1v) is 10.3. The number of benzene rings is 1. The number of oxime groups is 1. The highest BCUT2D eigenvalue weighted by Gasteiger charge is 2.51. The topological polar surface area (TPSA) is 69.2 Å². The third kappa shape index (κ3) is 3.93. The average Bonchev–Trinajstić information content (AvgIpc) is 2.63. The zero-order valence-electron chi connectivity index (χ0n) is 16.4. The SMILES string of the molecule is COc1cc(/C=N\OCC(=O)NC23CC4CC(CC(C4)C2)C3)cc(Cl)c1OC. The second-order valence-electron chi connectivity index (χ2n) is 8.49. The summed E-state index contributed by atoms with van der Waals surface area (Å²) in [6, 6.07) is 3.44. The normalized spacial score (nSPS) is 30.5. The van der Waals surface area contributed by atoms with Crippen molar-refractivity contribution in [1.29, 1.82) is 0 Å². The van der Waals surface area contributed by atoms with Crippen molar-refractivity contribution in [2.24, 2.45) is 22.9 Å². The van der Waals surface area contributed by atoms with Crippen molar-refractivity contribution < 1.29 is 19.1 Å². The van der Waals surface area contributed by atoms with Crippen LogP contribution in [0.1, 0.15) is 44.1 Å². The quantitative estimate of drug-likeness (QED) is 0.552. The van der Waals surface area contributed by atoms with Gasteiger partial charge in [0.05, 0.1) is 25.5 Å². The maximum atomic E-state index is 12.4. The molecule has 0 aliphatic heterocycles. The van der Waals surface area contributed by atoms with Gasteiger partial charge in [-0.2, -0.15) is 0 Å². The largest absolute Gasteiger partial charge is 0.493 e. The van der Waals surface area contributed by atoms with Gasteiger partial charge in [0.25, 0.3) is 5.91 Å². The number of carbonyl (C=O) groups is 1. The van der Waals surface area contributed by atoms with Crippen LogP contribution >= 0.6 is 11.6 Å². The molecular formula is C21H27ClN2O4. The highest BCUT2D eigenvalue weighted by molar-refractivity contribution is 6.32. The first-order valence-electron chi connectivity index (χ1n) is 9.88. The summed E-state index contributed by atoms with van der Waals surface area (Å²) in [4.78, 5) is 17.6. The van der Waals surface area contributed by atoms with Crippen molar-refractivity contribution in [3.8, 4) is 11.5 Å². The number of hydrogen-bond donors (Lipinski definition) is 1. The van der Waals surface area contributed by atoms with Crippen LogP contribution in [0.2, 0.25) is 5.02 Å². The predicted octanol–water partition coefficient (Wildman–Crippen LogP) is 3.79. The van der Waals surface area contributed by atoms with E-state index >= 15 is 0 Å². The number of rotatable bonds is 7. The highest BCUT2D eigenvalue weighted by Crippen LogP contribution is 2.55. The van der Waals surface area contributed by atoms with Gasteiger partial charge in [0.2, 0.25) is 0 Å². The molecule has 6 nitrogen and oxygen atoms in total. The van der Waals surface area contributed by atoms with Crippen molar-refractivity contribution in [2.75, 3.05) is 20.8 Å². The third-order valence-electron chi connectivity index (χ3n) is 6.37. The van der Waals surface area contributed by atoms with Crippen LogP contribution in [-0.2, 0) is 9.63 Å². The van der Waals surface area contributed by atoms with E-state index in [-0.39, 0.29) is 18.1 Å². The fraction of sp³-hybridized carbons (Fsp3) is 0.619. The lowest BCUT2D eigenvalue weighted by molar-refractivity contribution is -0.131. The lowest BCUT2D eigenvalue weighted by Gasteiger charge is -2.56. The van der Waals surface area contributed by atoms with Gasteiger partial charge in [-0.3, -0.25) is 4.79 Å². The van der Waals surface area contributed by atoms with E-state index in [1.807, 2.05) is 0 Å². The van der Waals surface area contributed by atoms with Gasteiger partial charge in [0, 0.05) is 11.1 Å². The zero-order valence-corrected chi connectivity index (χ0v) is 17.1. The Morgan fingerprint density at radius 1 is 1.18 bits per heavy atom. The van der Waals surface area contributed by atoms with E-state index in [0.29, 0.717) is 22.1 Å². The minimum atomic E-state index is -0.0931. The van der Waals surface area contributed by atoms with Crippen LogP contribution in [0.5, 0.6) is 11.5 Å². The van der Waals surface area contributed by atoms with E-state index in [9.17, 15) is 4.79 Å². The summed E-state index contributed by atoms with van der Waals surface area (Å²) in [5, 5.41) is 7.60. The van der Waals surface area contributed by atoms with Crippen LogP contribution < -0.4 is 14.8 Å². The molecule has 4 fully saturated rings. The molecular weight excluding hydrogens is 380 g/mol. The molecule has 7 heteroatoms. The molecule has 4 saturated carbocycles. The highest BCUT2D eigenvalue weighted by atomic mass is 35.5. The van der Waals surface area contributed by atoms with E-state index in [1.54, 1.807) is 19.2 Å². The van der Waals surface area contributed by atoms with Crippen molar-refractivity contribution in [3.05, 3.63) is 22.7 Å². The van der Waals surface area contributed by atoms with Gasteiger partial charge in [-0.15, -0.1) is 0 Å². The van der Waals surface area contributed by atoms with E-state index in [0.717, 1.165) is 37.0 Å². The molecule has 0 radical (unpaired) electrons. The maximum Gasteiger partial charge on any atom is 0.261 e. The Kier molecular flexibility index (Phi) is 5.41. The van der Waals surface area contributed by atoms with E-state index < -0.39 is 0 Å². The number of halogens is 1. The van der Waals surface area contributed by atoms with Crippen molar-refractivity contribution >= 4 is 23.7 Å². The molecule has 5 rings (SSSR count). The molecule has 1 N–H and O–H groups in total. The van der Waals surface area contributed by atoms with Gasteiger partial charge >= 0.3 is 0 Å². The molecule has 0 aromatic heterocycles. The van der Waals surface area contributed by atoms with Gasteiger partial charge < -0.3 is 19.6 Å². The second-order valence-corrected chi connectivity index (χ2v) is 8.90. The van der Waals surface area contributed by atoms with Crippen LogP contribution in [0.25, 0.3) is 0 Å². The number of methoxy groups -OCH3 is 2. The summed E-state index contributed by atoms with van der Waals surface area (Å²) < 4.78 is 10.5. The molecule has 4 bridgehead atoms. The number of ether oxygens (including phenoxy) is 2. The number of nitrogens with one attached hydrogen (secondary N) is 1. The summed E-state index contributed by atoms with van der Waals surface area (Å²) in [5.41, 5.74) is 0.694. The molecule has 4 aliphatic rings. The minimum Gasteiger partial charge on any atom is -0.493 e. The van der Waals surface area contributed by atoms with Crippen molar-refractivity contribution in [3.63, 3.8) is 0 Å². The van der Waals surface area contributed by atoms with E-state index in [2.05, 4.69) is 10.5 Å². The van der Waals surface area contributed by atoms with Crippen LogP contribution in [-0.4, -0.2) is 38.5 Å². The van der Waals surface area contributed by atoms with Crippen LogP contribution in [0.4, 0.5) is 0 Å². The van der Waals surface area contributed by atoms with Crippen LogP contribution in [0.15, 0.2) is 17.3 Å². The summed E-state index contributed by atoms with van der Waals surface area (Å²) in [7, 11) is 3.07. The van der Waals surface area contributed by atoms with Gasteiger partial charge in [-0.1, -0.05) is 16.8 Å². The van der Waals surface area contributed by atoms with Crippen LogP contribution in [0.3, 0.4) is 0 Å². The van der Waals surface area contributed by atoms with Crippen molar-refractivity contribution in [2.45, 2.75) is 44.1 Å². The van der Waals surface area contributed by atoms with E-state index in [1.165, 1.54) is 32.6 Å². The maximum absolute atomic E-state index is 12.4. The first kappa shape index (κ1) is 19.4. The molecule has 0 spiro atoms. The molecule has 152 valence electrons. The fourth-order valence-corrected chi connectivity index (χ4v) is 6.10. The minimum absolute atomic E-state index is 0.00418. The Labute approximate surface area is 170 Å². The van der Waals surface area contributed by atoms with Crippen LogP contribution in [0, 0.1) is 17.8 Å². The van der Waals surface area contributed by atoms with E-state index in [4.69, 9.17) is 25.9 Å². The Morgan fingerprint density at radius 2 is 1.82 bits per heavy atom. The monoisotopic (exact) mass is 406 g/mol. The fourth-order valence-electron chi connectivity index (χ4n) is 5.80. The van der Waals surface area contributed by atoms with Gasteiger partial charge in [-0.25, -0.2) is 0 Å². The van der Waals surface area contributed by atoms with Gasteiger partial charge in [-0.05, 0) is 68.4 Å². The molecule has 1 amide bonds. The summed E-state index contributed by atoms with van der Waals surface area (Å²) in [5.74, 6) is 3.26. The number of hydrogen-bond acceptors (Lipinski definition) is 5. The molecule has 28 heavy (non-hydrogen) atoms. The Hall–Kier alpha value is -1.95. The average molecular weight is 407 g/mol. The third-order valence-corrected chi connectivity index (χ3v) is 6.65. The van der Waals surface area contributed by atoms with Gasteiger partial charge in [0.15, 0.2) is 18.1 Å². The Balaban J connectivity index is 1.31. The molecule has 0 unspecified atom stereocenters. The summed E-state index contributed by atoms with van der Waals surface area (Å²) >= 11 is 6.18. The summed E-state index contributed by atoms with van der Waals surface area (Å²) in [6.07, 6.45) is 8.93.